The predicted molar refractivity (Wildman–Crippen MR) is 137 cm³/mol. The van der Waals surface area contributed by atoms with Crippen molar-refractivity contribution in [2.75, 3.05) is 26.3 Å². The molecular formula is C26H28ClN5O2S. The zero-order valence-electron chi connectivity index (χ0n) is 20.2. The Morgan fingerprint density at radius 2 is 1.86 bits per heavy atom. The van der Waals surface area contributed by atoms with Gasteiger partial charge in [-0.1, -0.05) is 23.7 Å². The van der Waals surface area contributed by atoms with Crippen LogP contribution in [0.15, 0.2) is 29.3 Å². The summed E-state index contributed by atoms with van der Waals surface area (Å²) < 4.78 is 7.54. The van der Waals surface area contributed by atoms with Crippen molar-refractivity contribution in [3.63, 3.8) is 0 Å². The molecule has 1 atom stereocenters. The summed E-state index contributed by atoms with van der Waals surface area (Å²) in [6.45, 7) is 9.44. The molecule has 0 bridgehead atoms. The van der Waals surface area contributed by atoms with Gasteiger partial charge in [0.15, 0.2) is 5.82 Å². The lowest BCUT2D eigenvalue weighted by atomic mass is 9.77. The average Bonchev–Trinajstić information content (AvgIpc) is 3.31. The topological polar surface area (TPSA) is 72.6 Å². The first-order valence-electron chi connectivity index (χ1n) is 12.1. The number of likely N-dealkylation sites (tertiary alicyclic amines) is 1. The molecular weight excluding hydrogens is 482 g/mol. The third kappa shape index (κ3) is 3.82. The van der Waals surface area contributed by atoms with Crippen molar-refractivity contribution in [2.24, 2.45) is 10.4 Å². The van der Waals surface area contributed by atoms with E-state index < -0.39 is 6.04 Å². The molecule has 1 aromatic carbocycles. The number of benzene rings is 1. The van der Waals surface area contributed by atoms with E-state index in [9.17, 15) is 4.79 Å². The second-order valence-corrected chi connectivity index (χ2v) is 11.6. The van der Waals surface area contributed by atoms with E-state index in [-0.39, 0.29) is 12.3 Å². The number of nitrogens with zero attached hydrogens (tertiary/aromatic N) is 5. The van der Waals surface area contributed by atoms with E-state index in [0.29, 0.717) is 10.4 Å². The Morgan fingerprint density at radius 1 is 1.14 bits per heavy atom. The molecule has 2 aromatic heterocycles. The molecule has 35 heavy (non-hydrogen) atoms. The molecule has 0 N–H and O–H groups in total. The molecule has 1 spiro atoms. The highest BCUT2D eigenvalue weighted by Gasteiger charge is 2.42. The first kappa shape index (κ1) is 22.9. The minimum atomic E-state index is -0.420. The quantitative estimate of drug-likeness (QED) is 0.507. The molecule has 3 aliphatic rings. The molecule has 0 saturated carbocycles. The maximum absolute atomic E-state index is 13.5. The summed E-state index contributed by atoms with van der Waals surface area (Å²) >= 11 is 7.91. The first-order chi connectivity index (χ1) is 16.8. The number of ether oxygens (including phenoxy) is 1. The van der Waals surface area contributed by atoms with Gasteiger partial charge < -0.3 is 9.64 Å². The highest BCUT2D eigenvalue weighted by atomic mass is 35.5. The van der Waals surface area contributed by atoms with Gasteiger partial charge in [0.25, 0.3) is 0 Å². The van der Waals surface area contributed by atoms with Gasteiger partial charge in [0.2, 0.25) is 5.91 Å². The minimum absolute atomic E-state index is 0.120. The summed E-state index contributed by atoms with van der Waals surface area (Å²) in [6.07, 6.45) is 2.28. The van der Waals surface area contributed by atoms with Crippen LogP contribution in [-0.4, -0.2) is 57.6 Å². The number of aromatic nitrogens is 3. The lowest BCUT2D eigenvalue weighted by Crippen LogP contribution is -2.52. The summed E-state index contributed by atoms with van der Waals surface area (Å²) in [5, 5.41) is 10.7. The second kappa shape index (κ2) is 8.54. The predicted octanol–water partition coefficient (Wildman–Crippen LogP) is 4.83. The number of rotatable bonds is 3. The van der Waals surface area contributed by atoms with Crippen LogP contribution < -0.4 is 0 Å². The fourth-order valence-electron chi connectivity index (χ4n) is 5.34. The summed E-state index contributed by atoms with van der Waals surface area (Å²) in [5.41, 5.74) is 4.42. The normalized spacial score (nSPS) is 20.6. The summed E-state index contributed by atoms with van der Waals surface area (Å²) in [6, 6.07) is 7.35. The lowest BCUT2D eigenvalue weighted by Gasteiger charge is -2.47. The van der Waals surface area contributed by atoms with Crippen LogP contribution >= 0.6 is 22.9 Å². The lowest BCUT2D eigenvalue weighted by molar-refractivity contribution is -0.153. The number of thiophene rings is 1. The van der Waals surface area contributed by atoms with Crippen molar-refractivity contribution in [2.45, 2.75) is 46.1 Å². The van der Waals surface area contributed by atoms with Gasteiger partial charge in [-0.2, -0.15) is 0 Å². The van der Waals surface area contributed by atoms with Crippen molar-refractivity contribution in [3.05, 3.63) is 62.5 Å². The van der Waals surface area contributed by atoms with Crippen molar-refractivity contribution in [1.29, 1.82) is 0 Å². The molecule has 0 radical (unpaired) electrons. The monoisotopic (exact) mass is 509 g/mol. The van der Waals surface area contributed by atoms with Crippen LogP contribution in [0.1, 0.15) is 58.5 Å². The van der Waals surface area contributed by atoms with Crippen molar-refractivity contribution < 1.29 is 9.53 Å². The number of piperidine rings is 1. The SMILES string of the molecule is Cc1sc2c(c1C)C(c1ccc(Cl)cc1)=N[C@@H](CC(=O)N1CCC3(CC1)COC3)c1nnc(C)n1-2. The molecule has 0 unspecified atom stereocenters. The summed E-state index contributed by atoms with van der Waals surface area (Å²) in [4.78, 5) is 21.9. The number of carbonyl (C=O) groups excluding carboxylic acids is 1. The second-order valence-electron chi connectivity index (χ2n) is 9.98. The van der Waals surface area contributed by atoms with E-state index in [2.05, 4.69) is 28.6 Å². The van der Waals surface area contributed by atoms with Crippen LogP contribution in [0.4, 0.5) is 0 Å². The number of aliphatic imine (C=N–C) groups is 1. The number of aryl methyl sites for hydroxylation is 2. The third-order valence-corrected chi connectivity index (χ3v) is 9.16. The van der Waals surface area contributed by atoms with Crippen LogP contribution in [0, 0.1) is 26.2 Å². The molecule has 3 aliphatic heterocycles. The Balaban J connectivity index is 1.40. The van der Waals surface area contributed by atoms with Crippen LogP contribution in [0.3, 0.4) is 0 Å². The van der Waals surface area contributed by atoms with Gasteiger partial charge in [-0.3, -0.25) is 14.4 Å². The fraction of sp³-hybridized carbons (Fsp3) is 0.462. The number of fused-ring (bicyclic) bond motifs is 3. The largest absolute Gasteiger partial charge is 0.380 e. The van der Waals surface area contributed by atoms with E-state index in [4.69, 9.17) is 21.3 Å². The molecule has 5 heterocycles. The smallest absolute Gasteiger partial charge is 0.225 e. The molecule has 3 aromatic rings. The number of hydrogen-bond acceptors (Lipinski definition) is 6. The Hall–Kier alpha value is -2.55. The van der Waals surface area contributed by atoms with Crippen molar-refractivity contribution >= 4 is 34.6 Å². The van der Waals surface area contributed by atoms with E-state index in [1.165, 1.54) is 10.4 Å². The Labute approximate surface area is 213 Å². The summed E-state index contributed by atoms with van der Waals surface area (Å²) in [7, 11) is 0. The first-order valence-corrected chi connectivity index (χ1v) is 13.3. The van der Waals surface area contributed by atoms with Crippen LogP contribution in [0.2, 0.25) is 5.02 Å². The number of amides is 1. The summed E-state index contributed by atoms with van der Waals surface area (Å²) in [5.74, 6) is 1.65. The van der Waals surface area contributed by atoms with Crippen molar-refractivity contribution in [3.8, 4) is 5.00 Å². The van der Waals surface area contributed by atoms with Crippen LogP contribution in [-0.2, 0) is 9.53 Å². The molecule has 2 saturated heterocycles. The third-order valence-electron chi connectivity index (χ3n) is 7.72. The maximum atomic E-state index is 13.5. The molecule has 182 valence electrons. The molecule has 0 aliphatic carbocycles. The zero-order valence-corrected chi connectivity index (χ0v) is 21.7. The highest BCUT2D eigenvalue weighted by molar-refractivity contribution is 7.15. The minimum Gasteiger partial charge on any atom is -0.380 e. The van der Waals surface area contributed by atoms with Crippen molar-refractivity contribution in [1.82, 2.24) is 19.7 Å². The van der Waals surface area contributed by atoms with Gasteiger partial charge in [-0.15, -0.1) is 21.5 Å². The van der Waals surface area contributed by atoms with E-state index in [0.717, 1.165) is 72.6 Å². The Kier molecular flexibility index (Phi) is 5.58. The molecule has 9 heteroatoms. The van der Waals surface area contributed by atoms with Gasteiger partial charge >= 0.3 is 0 Å². The van der Waals surface area contributed by atoms with Gasteiger partial charge in [0, 0.05) is 39.5 Å². The van der Waals surface area contributed by atoms with Crippen LogP contribution in [0.5, 0.6) is 0 Å². The van der Waals surface area contributed by atoms with Gasteiger partial charge in [0.1, 0.15) is 16.9 Å². The average molecular weight is 510 g/mol. The van der Waals surface area contributed by atoms with Gasteiger partial charge in [-0.05, 0) is 51.3 Å². The Morgan fingerprint density at radius 3 is 2.51 bits per heavy atom. The zero-order chi connectivity index (χ0) is 24.3. The van der Waals surface area contributed by atoms with E-state index in [1.54, 1.807) is 11.3 Å². The number of hydrogen-bond donors (Lipinski definition) is 0. The fourth-order valence-corrected chi connectivity index (χ4v) is 6.68. The number of carbonyl (C=O) groups is 1. The molecule has 1 amide bonds. The van der Waals surface area contributed by atoms with Gasteiger partial charge in [0.05, 0.1) is 25.3 Å². The molecule has 7 nitrogen and oxygen atoms in total. The highest BCUT2D eigenvalue weighted by Crippen LogP contribution is 2.41. The standard InChI is InChI=1S/C26H28ClN5O2S/c1-15-16(2)35-25-22(15)23(18-4-6-19(27)7-5-18)28-20(24-30-29-17(3)32(24)25)12-21(33)31-10-8-26(9-11-31)13-34-14-26/h4-7,20H,8-14H2,1-3H3/t20-/m0/s1. The molecule has 6 rings (SSSR count). The van der Waals surface area contributed by atoms with E-state index in [1.807, 2.05) is 36.1 Å². The van der Waals surface area contributed by atoms with E-state index >= 15 is 0 Å². The van der Waals surface area contributed by atoms with Crippen LogP contribution in [0.25, 0.3) is 5.00 Å². The number of halogens is 1. The molecule has 2 fully saturated rings. The maximum Gasteiger partial charge on any atom is 0.225 e. The van der Waals surface area contributed by atoms with Gasteiger partial charge in [-0.25, -0.2) is 0 Å². The Bertz CT molecular complexity index is 1330.